The topological polar surface area (TPSA) is 61.8 Å². The molecular formula is C11H14FO5P. The minimum atomic E-state index is -3.48. The van der Waals surface area contributed by atoms with Gasteiger partial charge in [-0.05, 0) is 18.2 Å². The molecule has 18 heavy (non-hydrogen) atoms. The molecule has 0 N–H and O–H groups in total. The van der Waals surface area contributed by atoms with Gasteiger partial charge in [0.05, 0.1) is 12.7 Å². The van der Waals surface area contributed by atoms with Crippen molar-refractivity contribution in [1.82, 2.24) is 0 Å². The van der Waals surface area contributed by atoms with Crippen LogP contribution >= 0.6 is 7.60 Å². The highest BCUT2D eigenvalue weighted by Crippen LogP contribution is 2.46. The summed E-state index contributed by atoms with van der Waals surface area (Å²) < 4.78 is 39.2. The average Bonchev–Trinajstić information content (AvgIpc) is 2.38. The lowest BCUT2D eigenvalue weighted by Gasteiger charge is -2.13. The number of rotatable bonds is 6. The summed E-state index contributed by atoms with van der Waals surface area (Å²) >= 11 is 0. The fourth-order valence-electron chi connectivity index (χ4n) is 1.36. The van der Waals surface area contributed by atoms with Crippen LogP contribution in [0.5, 0.6) is 5.75 Å². The maximum Gasteiger partial charge on any atom is 0.337 e. The molecule has 0 aliphatic heterocycles. The molecule has 0 aromatic heterocycles. The number of ether oxygens (including phenoxy) is 1. The van der Waals surface area contributed by atoms with Crippen molar-refractivity contribution in [2.24, 2.45) is 0 Å². The largest absolute Gasteiger partial charge is 0.496 e. The highest BCUT2D eigenvalue weighted by Gasteiger charge is 2.27. The number of ketones is 1. The van der Waals surface area contributed by atoms with E-state index in [0.717, 1.165) is 6.07 Å². The van der Waals surface area contributed by atoms with Crippen molar-refractivity contribution in [3.8, 4) is 5.75 Å². The second-order valence-electron chi connectivity index (χ2n) is 3.40. The van der Waals surface area contributed by atoms with Crippen LogP contribution < -0.4 is 4.74 Å². The molecule has 0 unspecified atom stereocenters. The van der Waals surface area contributed by atoms with Gasteiger partial charge in [-0.15, -0.1) is 0 Å². The van der Waals surface area contributed by atoms with E-state index in [4.69, 9.17) is 4.74 Å². The molecule has 0 spiro atoms. The zero-order valence-electron chi connectivity index (χ0n) is 10.3. The van der Waals surface area contributed by atoms with E-state index >= 15 is 0 Å². The molecule has 100 valence electrons. The van der Waals surface area contributed by atoms with E-state index in [1.54, 1.807) is 0 Å². The molecule has 0 radical (unpaired) electrons. The molecule has 0 fully saturated rings. The molecule has 0 amide bonds. The van der Waals surface area contributed by atoms with Gasteiger partial charge in [0.15, 0.2) is 5.78 Å². The summed E-state index contributed by atoms with van der Waals surface area (Å²) in [5, 5.41) is 0. The molecule has 0 aliphatic carbocycles. The molecule has 0 bridgehead atoms. The van der Waals surface area contributed by atoms with Gasteiger partial charge in [0.25, 0.3) is 0 Å². The lowest BCUT2D eigenvalue weighted by atomic mass is 10.1. The number of methoxy groups -OCH3 is 1. The summed E-state index contributed by atoms with van der Waals surface area (Å²) in [4.78, 5) is 11.9. The third kappa shape index (κ3) is 3.38. The third-order valence-electron chi connectivity index (χ3n) is 2.36. The summed E-state index contributed by atoms with van der Waals surface area (Å²) in [6.07, 6.45) is -0.472. The number of carbonyl (C=O) groups excluding carboxylic acids is 1. The van der Waals surface area contributed by atoms with E-state index in [1.807, 2.05) is 0 Å². The summed E-state index contributed by atoms with van der Waals surface area (Å²) in [5.74, 6) is -0.942. The van der Waals surface area contributed by atoms with Crippen molar-refractivity contribution in [2.75, 3.05) is 27.5 Å². The molecule has 5 nitrogen and oxygen atoms in total. The first kappa shape index (κ1) is 14.8. The van der Waals surface area contributed by atoms with Crippen molar-refractivity contribution in [2.45, 2.75) is 0 Å². The average molecular weight is 276 g/mol. The Morgan fingerprint density at radius 1 is 1.28 bits per heavy atom. The molecule has 1 aromatic carbocycles. The minimum absolute atomic E-state index is 0.00632. The number of halogens is 1. The monoisotopic (exact) mass is 276 g/mol. The molecule has 0 saturated heterocycles. The molecule has 0 aliphatic rings. The fraction of sp³-hybridized carbons (Fsp3) is 0.364. The smallest absolute Gasteiger partial charge is 0.337 e. The van der Waals surface area contributed by atoms with Gasteiger partial charge in [-0.3, -0.25) is 9.36 Å². The number of Topliss-reactive ketones (excluding diaryl/α,β-unsaturated/α-hetero) is 1. The van der Waals surface area contributed by atoms with Crippen molar-refractivity contribution in [3.05, 3.63) is 29.6 Å². The Labute approximate surface area is 104 Å². The maximum atomic E-state index is 13.1. The van der Waals surface area contributed by atoms with Crippen LogP contribution in [0.1, 0.15) is 10.4 Å². The normalized spacial score (nSPS) is 11.3. The zero-order chi connectivity index (χ0) is 13.8. The fourth-order valence-corrected chi connectivity index (χ4v) is 2.29. The van der Waals surface area contributed by atoms with Gasteiger partial charge in [-0.1, -0.05) is 0 Å². The Kier molecular flexibility index (Phi) is 5.02. The summed E-state index contributed by atoms with van der Waals surface area (Å²) in [7, 11) is 0.244. The molecule has 0 atom stereocenters. The number of carbonyl (C=O) groups is 1. The number of hydrogen-bond donors (Lipinski definition) is 0. The lowest BCUT2D eigenvalue weighted by molar-refractivity contribution is 0.100. The number of hydrogen-bond acceptors (Lipinski definition) is 5. The Morgan fingerprint density at radius 2 is 1.89 bits per heavy atom. The van der Waals surface area contributed by atoms with Gasteiger partial charge >= 0.3 is 7.60 Å². The summed E-state index contributed by atoms with van der Waals surface area (Å²) in [6.45, 7) is 0. The second-order valence-corrected chi connectivity index (χ2v) is 5.67. The molecule has 0 saturated carbocycles. The van der Waals surface area contributed by atoms with Crippen molar-refractivity contribution < 1.29 is 27.5 Å². The first-order valence-electron chi connectivity index (χ1n) is 5.03. The standard InChI is InChI=1S/C11H14FO5P/c1-15-11-5-4-8(12)6-9(11)10(13)7-18(14,16-2)17-3/h4-6H,7H2,1-3H3. The SMILES string of the molecule is COc1ccc(F)cc1C(=O)CP(=O)(OC)OC. The van der Waals surface area contributed by atoms with Crippen molar-refractivity contribution >= 4 is 13.4 Å². The summed E-state index contributed by atoms with van der Waals surface area (Å²) in [6, 6.07) is 3.52. The third-order valence-corrected chi connectivity index (χ3v) is 4.14. The molecule has 7 heteroatoms. The van der Waals surface area contributed by atoms with Crippen LogP contribution in [0.3, 0.4) is 0 Å². The molecule has 1 aromatic rings. The van der Waals surface area contributed by atoms with E-state index in [9.17, 15) is 13.8 Å². The van der Waals surface area contributed by atoms with Crippen LogP contribution in [0.4, 0.5) is 4.39 Å². The quantitative estimate of drug-likeness (QED) is 0.590. The van der Waals surface area contributed by atoms with Gasteiger partial charge in [0.1, 0.15) is 17.7 Å². The van der Waals surface area contributed by atoms with Gasteiger partial charge in [-0.2, -0.15) is 0 Å². The summed E-state index contributed by atoms with van der Waals surface area (Å²) in [5.41, 5.74) is 0.00632. The van der Waals surface area contributed by atoms with Gasteiger partial charge in [0.2, 0.25) is 0 Å². The van der Waals surface area contributed by atoms with Crippen molar-refractivity contribution in [3.63, 3.8) is 0 Å². The first-order valence-corrected chi connectivity index (χ1v) is 6.76. The van der Waals surface area contributed by atoms with E-state index < -0.39 is 25.4 Å². The van der Waals surface area contributed by atoms with Crippen LogP contribution in [0.2, 0.25) is 0 Å². The molecule has 1 rings (SSSR count). The first-order chi connectivity index (χ1) is 8.45. The van der Waals surface area contributed by atoms with Crippen molar-refractivity contribution in [1.29, 1.82) is 0 Å². The van der Waals surface area contributed by atoms with Crippen LogP contribution in [0.25, 0.3) is 0 Å². The van der Waals surface area contributed by atoms with Gasteiger partial charge in [-0.25, -0.2) is 4.39 Å². The van der Waals surface area contributed by atoms with E-state index in [-0.39, 0.29) is 11.3 Å². The molecular weight excluding hydrogens is 262 g/mol. The van der Waals surface area contributed by atoms with Crippen LogP contribution in [0, 0.1) is 5.82 Å². The second kappa shape index (κ2) is 6.09. The van der Waals surface area contributed by atoms with Gasteiger partial charge < -0.3 is 13.8 Å². The lowest BCUT2D eigenvalue weighted by Crippen LogP contribution is -2.10. The predicted octanol–water partition coefficient (Wildman–Crippen LogP) is 2.50. The van der Waals surface area contributed by atoms with Gasteiger partial charge in [0, 0.05) is 14.2 Å². The molecule has 0 heterocycles. The van der Waals surface area contributed by atoms with E-state index in [1.165, 1.54) is 33.5 Å². The Bertz CT molecular complexity index is 480. The van der Waals surface area contributed by atoms with Crippen LogP contribution in [-0.2, 0) is 13.6 Å². The minimum Gasteiger partial charge on any atom is -0.496 e. The Hall–Kier alpha value is -1.23. The van der Waals surface area contributed by atoms with E-state index in [2.05, 4.69) is 9.05 Å². The maximum absolute atomic E-state index is 13.1. The highest BCUT2D eigenvalue weighted by atomic mass is 31.2. The Morgan fingerprint density at radius 3 is 2.39 bits per heavy atom. The van der Waals surface area contributed by atoms with Crippen LogP contribution in [-0.4, -0.2) is 33.3 Å². The Balaban J connectivity index is 3.04. The number of benzene rings is 1. The zero-order valence-corrected chi connectivity index (χ0v) is 11.2. The predicted molar refractivity (Wildman–Crippen MR) is 63.8 cm³/mol. The van der Waals surface area contributed by atoms with E-state index in [0.29, 0.717) is 0 Å². The van der Waals surface area contributed by atoms with Crippen LogP contribution in [0.15, 0.2) is 18.2 Å². The highest BCUT2D eigenvalue weighted by molar-refractivity contribution is 7.54.